The quantitative estimate of drug-likeness (QED) is 0.701. The molecule has 1 unspecified atom stereocenters. The minimum Gasteiger partial charge on any atom is -0.303 e. The Bertz CT molecular complexity index is 410. The molecule has 0 bridgehead atoms. The molecule has 0 N–H and O–H groups in total. The fourth-order valence-corrected chi connectivity index (χ4v) is 2.89. The minimum absolute atomic E-state index is 0. The lowest BCUT2D eigenvalue weighted by atomic mass is 9.91. The fourth-order valence-electron chi connectivity index (χ4n) is 2.89. The average Bonchev–Trinajstić information content (AvgIpc) is 2.29. The number of likely N-dealkylation sites (N-methyl/N-ethyl adjacent to an activating group) is 1. The number of piperazine rings is 1. The van der Waals surface area contributed by atoms with Crippen LogP contribution in [0.25, 0.3) is 0 Å². The summed E-state index contributed by atoms with van der Waals surface area (Å²) in [7, 11) is 2.14. The molecule has 0 aromatic heterocycles. The van der Waals surface area contributed by atoms with Crippen LogP contribution in [0.5, 0.6) is 0 Å². The van der Waals surface area contributed by atoms with Gasteiger partial charge in [0, 0.05) is 32.2 Å². The number of halogens is 2. The molecular formula is C13H18ClFN2. The maximum atomic E-state index is 13.3. The zero-order chi connectivity index (χ0) is 11.1. The second-order valence-electron chi connectivity index (χ2n) is 4.91. The number of fused-ring (bicyclic) bond motifs is 3. The third-order valence-electron chi connectivity index (χ3n) is 3.83. The van der Waals surface area contributed by atoms with Gasteiger partial charge in [0.05, 0.1) is 0 Å². The van der Waals surface area contributed by atoms with Crippen LogP contribution in [-0.4, -0.2) is 43.0 Å². The van der Waals surface area contributed by atoms with Crippen molar-refractivity contribution in [1.82, 2.24) is 9.80 Å². The van der Waals surface area contributed by atoms with E-state index >= 15 is 0 Å². The lowest BCUT2D eigenvalue weighted by Crippen LogP contribution is -2.49. The van der Waals surface area contributed by atoms with Crippen molar-refractivity contribution in [3.05, 3.63) is 35.1 Å². The first-order chi connectivity index (χ1) is 7.74. The van der Waals surface area contributed by atoms with E-state index in [0.717, 1.165) is 32.6 Å². The molecule has 2 aliphatic rings. The molecule has 17 heavy (non-hydrogen) atoms. The molecule has 2 nitrogen and oxygen atoms in total. The maximum Gasteiger partial charge on any atom is 0.123 e. The Labute approximate surface area is 108 Å². The van der Waals surface area contributed by atoms with Crippen molar-refractivity contribution in [2.24, 2.45) is 0 Å². The summed E-state index contributed by atoms with van der Waals surface area (Å²) in [6, 6.07) is 5.67. The lowest BCUT2D eigenvalue weighted by molar-refractivity contribution is 0.0823. The van der Waals surface area contributed by atoms with Crippen molar-refractivity contribution in [2.45, 2.75) is 12.5 Å². The van der Waals surface area contributed by atoms with Gasteiger partial charge in [0.25, 0.3) is 0 Å². The first-order valence-electron chi connectivity index (χ1n) is 5.95. The topological polar surface area (TPSA) is 6.48 Å². The van der Waals surface area contributed by atoms with Gasteiger partial charge < -0.3 is 4.90 Å². The SMILES string of the molecule is CN1CCN2CCc3ccc(F)cc3C2C1.Cl. The van der Waals surface area contributed by atoms with E-state index in [9.17, 15) is 4.39 Å². The highest BCUT2D eigenvalue weighted by Crippen LogP contribution is 2.32. The Hall–Kier alpha value is -0.640. The van der Waals surface area contributed by atoms with Crippen LogP contribution in [0.4, 0.5) is 4.39 Å². The first kappa shape index (κ1) is 12.8. The lowest BCUT2D eigenvalue weighted by Gasteiger charge is -2.43. The largest absolute Gasteiger partial charge is 0.303 e. The van der Waals surface area contributed by atoms with Gasteiger partial charge in [-0.1, -0.05) is 6.07 Å². The molecule has 1 saturated heterocycles. The molecule has 2 aliphatic heterocycles. The van der Waals surface area contributed by atoms with Crippen LogP contribution in [0.1, 0.15) is 17.2 Å². The molecule has 1 fully saturated rings. The summed E-state index contributed by atoms with van der Waals surface area (Å²) < 4.78 is 13.3. The third kappa shape index (κ3) is 2.32. The summed E-state index contributed by atoms with van der Waals surface area (Å²) in [6.07, 6.45) is 1.07. The Morgan fingerprint density at radius 1 is 1.24 bits per heavy atom. The summed E-state index contributed by atoms with van der Waals surface area (Å²) in [6.45, 7) is 4.38. The second kappa shape index (κ2) is 4.92. The van der Waals surface area contributed by atoms with Crippen molar-refractivity contribution < 1.29 is 4.39 Å². The third-order valence-corrected chi connectivity index (χ3v) is 3.83. The molecular weight excluding hydrogens is 239 g/mol. The van der Waals surface area contributed by atoms with E-state index in [-0.39, 0.29) is 18.2 Å². The molecule has 1 atom stereocenters. The van der Waals surface area contributed by atoms with E-state index in [0.29, 0.717) is 6.04 Å². The zero-order valence-electron chi connectivity index (χ0n) is 10.0. The highest BCUT2D eigenvalue weighted by Gasteiger charge is 2.31. The summed E-state index contributed by atoms with van der Waals surface area (Å²) in [4.78, 5) is 4.82. The monoisotopic (exact) mass is 256 g/mol. The van der Waals surface area contributed by atoms with Gasteiger partial charge in [0.15, 0.2) is 0 Å². The molecule has 94 valence electrons. The second-order valence-corrected chi connectivity index (χ2v) is 4.91. The molecule has 4 heteroatoms. The van der Waals surface area contributed by atoms with Crippen molar-refractivity contribution in [3.8, 4) is 0 Å². The van der Waals surface area contributed by atoms with Gasteiger partial charge in [-0.2, -0.15) is 0 Å². The standard InChI is InChI=1S/C13H17FN2.ClH/c1-15-6-7-16-5-4-10-2-3-11(14)8-12(10)13(16)9-15;/h2-3,8,13H,4-7,9H2,1H3;1H. The Kier molecular flexibility index (Phi) is 3.71. The predicted molar refractivity (Wildman–Crippen MR) is 69.2 cm³/mol. The minimum atomic E-state index is -0.103. The van der Waals surface area contributed by atoms with Crippen LogP contribution in [0, 0.1) is 5.82 Å². The van der Waals surface area contributed by atoms with E-state index in [4.69, 9.17) is 0 Å². The van der Waals surface area contributed by atoms with Crippen LogP contribution >= 0.6 is 12.4 Å². The normalized spacial score (nSPS) is 24.7. The number of rotatable bonds is 0. The number of nitrogens with zero attached hydrogens (tertiary/aromatic N) is 2. The highest BCUT2D eigenvalue weighted by molar-refractivity contribution is 5.85. The molecule has 3 rings (SSSR count). The molecule has 0 saturated carbocycles. The van der Waals surface area contributed by atoms with Gasteiger partial charge in [-0.3, -0.25) is 4.90 Å². The smallest absolute Gasteiger partial charge is 0.123 e. The van der Waals surface area contributed by atoms with Crippen LogP contribution in [0.15, 0.2) is 18.2 Å². The molecule has 0 amide bonds. The van der Waals surface area contributed by atoms with Gasteiger partial charge >= 0.3 is 0 Å². The summed E-state index contributed by atoms with van der Waals surface area (Å²) >= 11 is 0. The molecule has 1 aromatic rings. The number of hydrogen-bond acceptors (Lipinski definition) is 2. The average molecular weight is 257 g/mol. The van der Waals surface area contributed by atoms with Crippen molar-refractivity contribution >= 4 is 12.4 Å². The van der Waals surface area contributed by atoms with Crippen LogP contribution < -0.4 is 0 Å². The summed E-state index contributed by atoms with van der Waals surface area (Å²) in [5, 5.41) is 0. The Morgan fingerprint density at radius 3 is 2.88 bits per heavy atom. The van der Waals surface area contributed by atoms with Gasteiger partial charge in [0.2, 0.25) is 0 Å². The highest BCUT2D eigenvalue weighted by atomic mass is 35.5. The summed E-state index contributed by atoms with van der Waals surface area (Å²) in [5.74, 6) is -0.103. The van der Waals surface area contributed by atoms with Crippen LogP contribution in [0.2, 0.25) is 0 Å². The Morgan fingerprint density at radius 2 is 2.06 bits per heavy atom. The molecule has 0 spiro atoms. The Balaban J connectivity index is 0.00000108. The van der Waals surface area contributed by atoms with Crippen LogP contribution in [-0.2, 0) is 6.42 Å². The number of hydrogen-bond donors (Lipinski definition) is 0. The van der Waals surface area contributed by atoms with Crippen LogP contribution in [0.3, 0.4) is 0 Å². The first-order valence-corrected chi connectivity index (χ1v) is 5.95. The van der Waals surface area contributed by atoms with Crippen molar-refractivity contribution in [2.75, 3.05) is 33.2 Å². The number of benzene rings is 1. The molecule has 2 heterocycles. The van der Waals surface area contributed by atoms with E-state index in [1.165, 1.54) is 11.1 Å². The zero-order valence-corrected chi connectivity index (χ0v) is 10.8. The van der Waals surface area contributed by atoms with Crippen molar-refractivity contribution in [3.63, 3.8) is 0 Å². The van der Waals surface area contributed by atoms with E-state index in [2.05, 4.69) is 16.8 Å². The fraction of sp³-hybridized carbons (Fsp3) is 0.538. The molecule has 0 aliphatic carbocycles. The molecule has 1 aromatic carbocycles. The molecule has 0 radical (unpaired) electrons. The van der Waals surface area contributed by atoms with Gasteiger partial charge in [-0.05, 0) is 36.7 Å². The van der Waals surface area contributed by atoms with Crippen molar-refractivity contribution in [1.29, 1.82) is 0 Å². The van der Waals surface area contributed by atoms with E-state index in [1.54, 1.807) is 12.1 Å². The summed E-state index contributed by atoms with van der Waals surface area (Å²) in [5.41, 5.74) is 2.54. The van der Waals surface area contributed by atoms with Gasteiger partial charge in [-0.25, -0.2) is 4.39 Å². The van der Waals surface area contributed by atoms with E-state index < -0.39 is 0 Å². The van der Waals surface area contributed by atoms with E-state index in [1.807, 2.05) is 6.07 Å². The van der Waals surface area contributed by atoms with Gasteiger partial charge in [-0.15, -0.1) is 12.4 Å². The van der Waals surface area contributed by atoms with Gasteiger partial charge in [0.1, 0.15) is 5.82 Å². The predicted octanol–water partition coefficient (Wildman–Crippen LogP) is 2.09. The maximum absolute atomic E-state index is 13.3.